The molecule has 3 rings (SSSR count). The molecule has 0 aliphatic carbocycles. The average molecular weight is 459 g/mol. The van der Waals surface area contributed by atoms with Gasteiger partial charge in [-0.05, 0) is 73.4 Å². The summed E-state index contributed by atoms with van der Waals surface area (Å²) < 4.78 is 11.1. The highest BCUT2D eigenvalue weighted by atomic mass is 16.6. The van der Waals surface area contributed by atoms with E-state index in [-0.39, 0.29) is 19.8 Å². The summed E-state index contributed by atoms with van der Waals surface area (Å²) in [6.45, 7) is 7.85. The first-order valence-corrected chi connectivity index (χ1v) is 11.8. The fourth-order valence-electron chi connectivity index (χ4n) is 3.66. The van der Waals surface area contributed by atoms with Crippen LogP contribution in [0, 0.1) is 6.92 Å². The van der Waals surface area contributed by atoms with Crippen molar-refractivity contribution in [1.29, 1.82) is 0 Å². The molecule has 0 fully saturated rings. The van der Waals surface area contributed by atoms with Crippen LogP contribution in [-0.2, 0) is 28.8 Å². The molecule has 34 heavy (non-hydrogen) atoms. The molecule has 0 bridgehead atoms. The van der Waals surface area contributed by atoms with Crippen LogP contribution in [0.4, 0.5) is 0 Å². The highest BCUT2D eigenvalue weighted by molar-refractivity contribution is 5.86. The molecule has 0 aliphatic heterocycles. The van der Waals surface area contributed by atoms with Crippen molar-refractivity contribution in [2.45, 2.75) is 39.5 Å². The minimum Gasteiger partial charge on any atom is -0.490 e. The number of rotatable bonds is 12. The number of carbonyl (C=O) groups is 1. The first kappa shape index (κ1) is 25.3. The van der Waals surface area contributed by atoms with E-state index in [0.29, 0.717) is 12.0 Å². The van der Waals surface area contributed by atoms with Crippen LogP contribution < -0.4 is 4.74 Å². The van der Waals surface area contributed by atoms with Crippen LogP contribution in [0.1, 0.15) is 35.6 Å². The van der Waals surface area contributed by atoms with Crippen LogP contribution in [0.25, 0.3) is 11.1 Å². The van der Waals surface area contributed by atoms with Gasteiger partial charge in [0.1, 0.15) is 19.0 Å². The summed E-state index contributed by atoms with van der Waals surface area (Å²) in [4.78, 5) is 11.6. The van der Waals surface area contributed by atoms with Gasteiger partial charge in [0.05, 0.1) is 0 Å². The number of hydrogen-bond donors (Lipinski definition) is 1. The second-order valence-corrected chi connectivity index (χ2v) is 8.60. The highest BCUT2D eigenvalue weighted by Crippen LogP contribution is 2.29. The lowest BCUT2D eigenvalue weighted by Gasteiger charge is -2.14. The van der Waals surface area contributed by atoms with E-state index >= 15 is 0 Å². The van der Waals surface area contributed by atoms with Crippen molar-refractivity contribution in [2.24, 2.45) is 0 Å². The second-order valence-electron chi connectivity index (χ2n) is 8.60. The summed E-state index contributed by atoms with van der Waals surface area (Å²) in [7, 11) is 0. The van der Waals surface area contributed by atoms with E-state index in [2.05, 4.69) is 68.1 Å². The number of carbonyl (C=O) groups excluding carboxylic acids is 1. The largest absolute Gasteiger partial charge is 0.490 e. The first-order chi connectivity index (χ1) is 16.5. The van der Waals surface area contributed by atoms with Gasteiger partial charge in [-0.2, -0.15) is 0 Å². The maximum Gasteiger partial charge on any atom is 0.333 e. The number of ether oxygens (including phenoxy) is 2. The number of aryl methyl sites for hydroxylation is 4. The van der Waals surface area contributed by atoms with E-state index < -0.39 is 5.97 Å². The molecular weight excluding hydrogens is 424 g/mol. The van der Waals surface area contributed by atoms with Gasteiger partial charge >= 0.3 is 5.97 Å². The normalized spacial score (nSPS) is 10.7. The maximum absolute atomic E-state index is 11.6. The van der Waals surface area contributed by atoms with Crippen LogP contribution in [0.3, 0.4) is 0 Å². The zero-order valence-corrected chi connectivity index (χ0v) is 20.2. The van der Waals surface area contributed by atoms with Crippen molar-refractivity contribution in [3.05, 3.63) is 101 Å². The van der Waals surface area contributed by atoms with Crippen molar-refractivity contribution < 1.29 is 19.4 Å². The molecule has 0 atom stereocenters. The molecule has 0 radical (unpaired) electrons. The molecule has 3 aromatic carbocycles. The Labute approximate surface area is 202 Å². The number of aliphatic hydroxyl groups excluding tert-OH is 1. The second kappa shape index (κ2) is 12.8. The smallest absolute Gasteiger partial charge is 0.333 e. The number of benzene rings is 3. The van der Waals surface area contributed by atoms with Crippen molar-refractivity contribution in [1.82, 2.24) is 0 Å². The molecule has 4 nitrogen and oxygen atoms in total. The first-order valence-electron chi connectivity index (χ1n) is 11.8. The predicted octanol–water partition coefficient (Wildman–Crippen LogP) is 5.87. The SMILES string of the molecule is C=C(C)C(=O)OCCOc1cc(-c2ccc(CCc3ccc(C)cc3)cc2)ccc1CCCO. The molecule has 0 saturated heterocycles. The van der Waals surface area contributed by atoms with Gasteiger partial charge in [0.25, 0.3) is 0 Å². The highest BCUT2D eigenvalue weighted by Gasteiger charge is 2.09. The lowest BCUT2D eigenvalue weighted by Crippen LogP contribution is -2.13. The minimum atomic E-state index is -0.416. The third-order valence-corrected chi connectivity index (χ3v) is 5.70. The Morgan fingerprint density at radius 1 is 0.853 bits per heavy atom. The molecule has 3 aromatic rings. The Kier molecular flexibility index (Phi) is 9.48. The molecule has 0 spiro atoms. The van der Waals surface area contributed by atoms with Gasteiger partial charge < -0.3 is 14.6 Å². The third kappa shape index (κ3) is 7.60. The van der Waals surface area contributed by atoms with E-state index in [4.69, 9.17) is 9.47 Å². The average Bonchev–Trinajstić information content (AvgIpc) is 2.85. The third-order valence-electron chi connectivity index (χ3n) is 5.70. The zero-order chi connectivity index (χ0) is 24.3. The van der Waals surface area contributed by atoms with E-state index in [1.54, 1.807) is 6.92 Å². The van der Waals surface area contributed by atoms with Gasteiger partial charge in [-0.15, -0.1) is 0 Å². The van der Waals surface area contributed by atoms with Crippen LogP contribution in [0.5, 0.6) is 5.75 Å². The molecule has 1 N–H and O–H groups in total. The van der Waals surface area contributed by atoms with E-state index in [1.807, 2.05) is 12.1 Å². The summed E-state index contributed by atoms with van der Waals surface area (Å²) in [5.74, 6) is 0.334. The zero-order valence-electron chi connectivity index (χ0n) is 20.2. The molecule has 0 unspecified atom stereocenters. The Hall–Kier alpha value is -3.37. The quantitative estimate of drug-likeness (QED) is 0.209. The van der Waals surface area contributed by atoms with E-state index in [0.717, 1.165) is 41.7 Å². The van der Waals surface area contributed by atoms with Gasteiger partial charge in [-0.3, -0.25) is 0 Å². The Morgan fingerprint density at radius 3 is 2.09 bits per heavy atom. The summed E-state index contributed by atoms with van der Waals surface area (Å²) in [5.41, 5.74) is 7.51. The van der Waals surface area contributed by atoms with Crippen molar-refractivity contribution >= 4 is 5.97 Å². The molecular formula is C30H34O4. The molecule has 0 saturated carbocycles. The summed E-state index contributed by atoms with van der Waals surface area (Å²) in [5, 5.41) is 9.23. The van der Waals surface area contributed by atoms with Crippen LogP contribution in [0.2, 0.25) is 0 Å². The topological polar surface area (TPSA) is 55.8 Å². The monoisotopic (exact) mass is 458 g/mol. The maximum atomic E-state index is 11.6. The van der Waals surface area contributed by atoms with E-state index in [1.165, 1.54) is 16.7 Å². The van der Waals surface area contributed by atoms with Gasteiger partial charge in [-0.1, -0.05) is 72.8 Å². The Balaban J connectivity index is 1.66. The van der Waals surface area contributed by atoms with Crippen molar-refractivity contribution in [3.63, 3.8) is 0 Å². The summed E-state index contributed by atoms with van der Waals surface area (Å²) >= 11 is 0. The molecule has 0 aromatic heterocycles. The van der Waals surface area contributed by atoms with Gasteiger partial charge in [-0.25, -0.2) is 4.79 Å². The number of aliphatic hydroxyl groups is 1. The summed E-state index contributed by atoms with van der Waals surface area (Å²) in [6, 6.07) is 23.5. The molecule has 0 aliphatic rings. The van der Waals surface area contributed by atoms with Crippen molar-refractivity contribution in [2.75, 3.05) is 19.8 Å². The van der Waals surface area contributed by atoms with Crippen LogP contribution >= 0.6 is 0 Å². The van der Waals surface area contributed by atoms with Crippen LogP contribution in [-0.4, -0.2) is 30.9 Å². The molecule has 4 heteroatoms. The number of esters is 1. The van der Waals surface area contributed by atoms with Gasteiger partial charge in [0, 0.05) is 12.2 Å². The molecule has 0 heterocycles. The molecule has 0 amide bonds. The fraction of sp³-hybridized carbons (Fsp3) is 0.300. The Bertz CT molecular complexity index is 1080. The predicted molar refractivity (Wildman–Crippen MR) is 137 cm³/mol. The molecule has 178 valence electrons. The minimum absolute atomic E-state index is 0.126. The number of hydrogen-bond acceptors (Lipinski definition) is 4. The van der Waals surface area contributed by atoms with Crippen molar-refractivity contribution in [3.8, 4) is 16.9 Å². The summed E-state index contributed by atoms with van der Waals surface area (Å²) in [6.07, 6.45) is 3.40. The van der Waals surface area contributed by atoms with E-state index in [9.17, 15) is 9.90 Å². The van der Waals surface area contributed by atoms with Crippen LogP contribution in [0.15, 0.2) is 78.9 Å². The fourth-order valence-corrected chi connectivity index (χ4v) is 3.66. The Morgan fingerprint density at radius 2 is 1.47 bits per heavy atom. The van der Waals surface area contributed by atoms with Gasteiger partial charge in [0.15, 0.2) is 0 Å². The lowest BCUT2D eigenvalue weighted by molar-refractivity contribution is -0.139. The lowest BCUT2D eigenvalue weighted by atomic mass is 9.98. The standard InChI is InChI=1S/C30H34O4/c1-22(2)30(32)34-20-19-33-29-21-28(17-16-27(29)5-4-18-31)26-14-12-25(13-15-26)11-10-24-8-6-23(3)7-9-24/h6-9,12-17,21,31H,1,4-5,10-11,18-20H2,2-3H3. The van der Waals surface area contributed by atoms with Gasteiger partial charge in [0.2, 0.25) is 0 Å².